The third-order valence-corrected chi connectivity index (χ3v) is 8.34. The molecule has 0 aliphatic carbocycles. The monoisotopic (exact) mass is 488 g/mol. The number of ether oxygens (including phenoxy) is 1. The lowest BCUT2D eigenvalue weighted by atomic mass is 9.82. The highest BCUT2D eigenvalue weighted by molar-refractivity contribution is 7.91. The van der Waals surface area contributed by atoms with Crippen LogP contribution in [0.5, 0.6) is 0 Å². The Morgan fingerprint density at radius 2 is 2.00 bits per heavy atom. The number of carbonyl (C=O) groups excluding carboxylic acids is 1. The van der Waals surface area contributed by atoms with Crippen molar-refractivity contribution >= 4 is 15.9 Å². The van der Waals surface area contributed by atoms with Crippen LogP contribution in [-0.4, -0.2) is 59.9 Å². The van der Waals surface area contributed by atoms with E-state index in [1.165, 1.54) is 6.26 Å². The second kappa shape index (κ2) is 8.34. The Morgan fingerprint density at radius 1 is 1.26 bits per heavy atom. The molecule has 5 heterocycles. The smallest absolute Gasteiger partial charge is 0.410 e. The number of aromatic nitrogens is 2. The van der Waals surface area contributed by atoms with Crippen molar-refractivity contribution in [3.63, 3.8) is 0 Å². The molecule has 1 amide bonds. The highest BCUT2D eigenvalue weighted by Crippen LogP contribution is 2.40. The first-order valence-electron chi connectivity index (χ1n) is 11.9. The van der Waals surface area contributed by atoms with Crippen LogP contribution in [0.1, 0.15) is 80.4 Å². The van der Waals surface area contributed by atoms with E-state index < -0.39 is 26.9 Å². The van der Waals surface area contributed by atoms with Crippen molar-refractivity contribution in [1.82, 2.24) is 20.4 Å². The van der Waals surface area contributed by atoms with Gasteiger partial charge in [0.05, 0.1) is 12.0 Å². The van der Waals surface area contributed by atoms with E-state index >= 15 is 0 Å². The number of rotatable bonds is 3. The molecule has 1 aromatic carbocycles. The van der Waals surface area contributed by atoms with Crippen LogP contribution in [0, 0.1) is 5.92 Å². The zero-order chi connectivity index (χ0) is 24.3. The molecule has 1 N–H and O–H groups in total. The molecule has 10 heteroatoms. The lowest BCUT2D eigenvalue weighted by molar-refractivity contribution is 0.0179. The molecule has 9 nitrogen and oxygen atoms in total. The van der Waals surface area contributed by atoms with E-state index in [4.69, 9.17) is 14.2 Å². The Balaban J connectivity index is 1.36. The molecule has 4 aliphatic heterocycles. The van der Waals surface area contributed by atoms with E-state index in [1.54, 1.807) is 4.90 Å². The van der Waals surface area contributed by atoms with Gasteiger partial charge in [-0.2, -0.15) is 4.98 Å². The standard InChI is InChI=1S/C24H32N4O5S/c1-24(2,3)32-23(29)28-9-7-14(8-10-28)11-18-15-5-6-17-16(12-15)13-19(34(4,30)31)25-20(17)21-26-22(18)33-27-21/h5-6,12,14,18-20,25H,7-11,13H2,1-4H3. The summed E-state index contributed by atoms with van der Waals surface area (Å²) in [7, 11) is -3.29. The SMILES string of the molecule is CC(C)(C)OC(=O)N1CCC(CC2c3ccc4c(c3)CC(S(C)(=O)=O)NC4c3noc2n3)CC1. The van der Waals surface area contributed by atoms with Crippen LogP contribution in [0.25, 0.3) is 0 Å². The molecule has 0 radical (unpaired) electrons. The number of nitrogens with one attached hydrogen (secondary N) is 1. The van der Waals surface area contributed by atoms with E-state index in [0.29, 0.717) is 37.1 Å². The van der Waals surface area contributed by atoms with Crippen LogP contribution in [0.15, 0.2) is 22.7 Å². The number of hydrogen-bond acceptors (Lipinski definition) is 8. The number of hydrogen-bond donors (Lipinski definition) is 1. The molecule has 0 spiro atoms. The normalized spacial score (nSPS) is 24.9. The van der Waals surface area contributed by atoms with Crippen molar-refractivity contribution in [1.29, 1.82) is 0 Å². The molecule has 4 aliphatic rings. The van der Waals surface area contributed by atoms with Gasteiger partial charge in [0.25, 0.3) is 0 Å². The largest absolute Gasteiger partial charge is 0.444 e. The van der Waals surface area contributed by atoms with Crippen molar-refractivity contribution in [3.8, 4) is 0 Å². The van der Waals surface area contributed by atoms with Gasteiger partial charge in [0.1, 0.15) is 11.0 Å². The fourth-order valence-electron chi connectivity index (χ4n) is 5.22. The summed E-state index contributed by atoms with van der Waals surface area (Å²) < 4.78 is 35.9. The number of amides is 1. The van der Waals surface area contributed by atoms with Gasteiger partial charge in [-0.05, 0) is 62.6 Å². The van der Waals surface area contributed by atoms with E-state index in [-0.39, 0.29) is 12.0 Å². The molecule has 184 valence electrons. The Bertz CT molecular complexity index is 1190. The molecule has 2 aromatic rings. The molecule has 1 saturated heterocycles. The zero-order valence-corrected chi connectivity index (χ0v) is 20.9. The minimum Gasteiger partial charge on any atom is -0.444 e. The number of benzene rings is 1. The maximum atomic E-state index is 12.4. The highest BCUT2D eigenvalue weighted by atomic mass is 32.2. The van der Waals surface area contributed by atoms with Crippen molar-refractivity contribution < 1.29 is 22.5 Å². The summed E-state index contributed by atoms with van der Waals surface area (Å²) in [6.45, 7) is 6.95. The quantitative estimate of drug-likeness (QED) is 0.701. The van der Waals surface area contributed by atoms with Gasteiger partial charge < -0.3 is 14.2 Å². The summed E-state index contributed by atoms with van der Waals surface area (Å²) in [6, 6.07) is 5.88. The predicted molar refractivity (Wildman–Crippen MR) is 125 cm³/mol. The Kier molecular flexibility index (Phi) is 5.71. The van der Waals surface area contributed by atoms with E-state index in [2.05, 4.69) is 28.7 Å². The van der Waals surface area contributed by atoms with Crippen LogP contribution >= 0.6 is 0 Å². The van der Waals surface area contributed by atoms with Gasteiger partial charge in [0, 0.05) is 25.8 Å². The second-order valence-corrected chi connectivity index (χ2v) is 13.0. The minimum absolute atomic E-state index is 0.0688. The lowest BCUT2D eigenvalue weighted by Crippen LogP contribution is -2.44. The third kappa shape index (κ3) is 4.57. The molecule has 0 saturated carbocycles. The fourth-order valence-corrected chi connectivity index (χ4v) is 6.09. The summed E-state index contributed by atoms with van der Waals surface area (Å²) in [5.74, 6) is 1.36. The lowest BCUT2D eigenvalue weighted by Gasteiger charge is -2.34. The second-order valence-electron chi connectivity index (χ2n) is 10.8. The average Bonchev–Trinajstić information content (AvgIpc) is 3.26. The van der Waals surface area contributed by atoms with Gasteiger partial charge >= 0.3 is 6.09 Å². The first kappa shape index (κ1) is 23.3. The first-order chi connectivity index (χ1) is 16.0. The zero-order valence-electron chi connectivity index (χ0n) is 20.1. The van der Waals surface area contributed by atoms with Crippen LogP contribution < -0.4 is 5.32 Å². The molecular weight excluding hydrogens is 456 g/mol. The Hall–Kier alpha value is -2.46. The fraction of sp³-hybridized carbons (Fsp3) is 0.625. The molecule has 6 rings (SSSR count). The summed E-state index contributed by atoms with van der Waals surface area (Å²) >= 11 is 0. The summed E-state index contributed by atoms with van der Waals surface area (Å²) in [5, 5.41) is 6.74. The third-order valence-electron chi connectivity index (χ3n) is 7.00. The Morgan fingerprint density at radius 3 is 2.68 bits per heavy atom. The van der Waals surface area contributed by atoms with E-state index in [9.17, 15) is 13.2 Å². The van der Waals surface area contributed by atoms with Gasteiger partial charge in [-0.15, -0.1) is 0 Å². The maximum Gasteiger partial charge on any atom is 0.410 e. The predicted octanol–water partition coefficient (Wildman–Crippen LogP) is 3.16. The average molecular weight is 489 g/mol. The Labute approximate surface area is 200 Å². The number of fused-ring (bicyclic) bond motifs is 1. The summed E-state index contributed by atoms with van der Waals surface area (Å²) in [6.07, 6.45) is 4.00. The van der Waals surface area contributed by atoms with Gasteiger partial charge in [0.15, 0.2) is 15.7 Å². The molecule has 3 atom stereocenters. The number of sulfone groups is 1. The van der Waals surface area contributed by atoms with Crippen LogP contribution in [0.2, 0.25) is 0 Å². The first-order valence-corrected chi connectivity index (χ1v) is 13.8. The summed E-state index contributed by atoms with van der Waals surface area (Å²) in [4.78, 5) is 18.9. The number of nitrogens with zero attached hydrogens (tertiary/aromatic N) is 3. The van der Waals surface area contributed by atoms with Gasteiger partial charge in [0.2, 0.25) is 5.89 Å². The maximum absolute atomic E-state index is 12.4. The number of likely N-dealkylation sites (tertiary alicyclic amines) is 1. The summed E-state index contributed by atoms with van der Waals surface area (Å²) in [5.41, 5.74) is 2.59. The molecule has 6 bridgehead atoms. The highest BCUT2D eigenvalue weighted by Gasteiger charge is 2.38. The van der Waals surface area contributed by atoms with Crippen molar-refractivity contribution in [2.75, 3.05) is 19.3 Å². The number of carbonyl (C=O) groups is 1. The van der Waals surface area contributed by atoms with Crippen molar-refractivity contribution in [2.24, 2.45) is 5.92 Å². The topological polar surface area (TPSA) is 115 Å². The van der Waals surface area contributed by atoms with E-state index in [0.717, 1.165) is 36.0 Å². The molecule has 34 heavy (non-hydrogen) atoms. The molecular formula is C24H32N4O5S. The van der Waals surface area contributed by atoms with Crippen molar-refractivity contribution in [2.45, 2.75) is 69.4 Å². The number of piperidine rings is 1. The van der Waals surface area contributed by atoms with Gasteiger partial charge in [-0.3, -0.25) is 5.32 Å². The van der Waals surface area contributed by atoms with Gasteiger partial charge in [-0.1, -0.05) is 23.4 Å². The van der Waals surface area contributed by atoms with Crippen LogP contribution in [-0.2, 0) is 21.0 Å². The molecule has 1 fully saturated rings. The van der Waals surface area contributed by atoms with Gasteiger partial charge in [-0.25, -0.2) is 13.2 Å². The molecule has 1 aromatic heterocycles. The van der Waals surface area contributed by atoms with Crippen molar-refractivity contribution in [3.05, 3.63) is 46.6 Å². The van der Waals surface area contributed by atoms with Crippen LogP contribution in [0.3, 0.4) is 0 Å². The minimum atomic E-state index is -3.29. The van der Waals surface area contributed by atoms with E-state index in [1.807, 2.05) is 20.8 Å². The molecule has 3 unspecified atom stereocenters. The van der Waals surface area contributed by atoms with Crippen LogP contribution in [0.4, 0.5) is 4.79 Å².